The van der Waals surface area contributed by atoms with Gasteiger partial charge < -0.3 is 11.1 Å². The molecule has 0 fully saturated rings. The molecule has 0 radical (unpaired) electrons. The van der Waals surface area contributed by atoms with Gasteiger partial charge in [-0.1, -0.05) is 0 Å². The van der Waals surface area contributed by atoms with Gasteiger partial charge in [-0.25, -0.2) is 4.98 Å². The fraction of sp³-hybridized carbons (Fsp3) is 0. The molecule has 2 aromatic rings. The quantitative estimate of drug-likeness (QED) is 0.820. The lowest BCUT2D eigenvalue weighted by molar-refractivity contribution is 0.0995. The standard InChI is InChI=1S/C13H10FN3O2/c14-11-6-5-10(7-16-11)17-13(19)9-3-1-8(2-4-9)12(15)18/h1-7H,(H2,15,18)(H,17,19). The molecule has 2 rings (SSSR count). The van der Waals surface area contributed by atoms with Crippen LogP contribution in [0.15, 0.2) is 42.6 Å². The van der Waals surface area contributed by atoms with Crippen LogP contribution in [0.4, 0.5) is 10.1 Å². The predicted molar refractivity (Wildman–Crippen MR) is 67.1 cm³/mol. The Morgan fingerprint density at radius 2 is 1.68 bits per heavy atom. The fourth-order valence-corrected chi connectivity index (χ4v) is 1.44. The second-order valence-corrected chi connectivity index (χ2v) is 3.77. The SMILES string of the molecule is NC(=O)c1ccc(C(=O)Nc2ccc(F)nc2)cc1. The molecule has 0 atom stereocenters. The highest BCUT2D eigenvalue weighted by Gasteiger charge is 2.07. The van der Waals surface area contributed by atoms with Gasteiger partial charge in [0.25, 0.3) is 5.91 Å². The van der Waals surface area contributed by atoms with Crippen LogP contribution in [-0.2, 0) is 0 Å². The van der Waals surface area contributed by atoms with Crippen LogP contribution in [0.1, 0.15) is 20.7 Å². The van der Waals surface area contributed by atoms with E-state index in [1.54, 1.807) is 0 Å². The number of anilines is 1. The van der Waals surface area contributed by atoms with E-state index in [1.807, 2.05) is 0 Å². The van der Waals surface area contributed by atoms with Crippen LogP contribution in [0.25, 0.3) is 0 Å². The van der Waals surface area contributed by atoms with E-state index in [0.29, 0.717) is 16.8 Å². The van der Waals surface area contributed by atoms with Crippen molar-refractivity contribution >= 4 is 17.5 Å². The van der Waals surface area contributed by atoms with E-state index in [0.717, 1.165) is 6.07 Å². The Hall–Kier alpha value is -2.76. The first-order valence-corrected chi connectivity index (χ1v) is 5.39. The van der Waals surface area contributed by atoms with Crippen molar-refractivity contribution in [1.29, 1.82) is 0 Å². The van der Waals surface area contributed by atoms with Crippen molar-refractivity contribution in [1.82, 2.24) is 4.98 Å². The van der Waals surface area contributed by atoms with Crippen LogP contribution in [0.2, 0.25) is 0 Å². The molecule has 1 aromatic carbocycles. The average molecular weight is 259 g/mol. The van der Waals surface area contributed by atoms with Crippen molar-refractivity contribution in [2.24, 2.45) is 5.73 Å². The summed E-state index contributed by atoms with van der Waals surface area (Å²) in [5.74, 6) is -1.57. The summed E-state index contributed by atoms with van der Waals surface area (Å²) >= 11 is 0. The van der Waals surface area contributed by atoms with Crippen LogP contribution >= 0.6 is 0 Å². The molecule has 19 heavy (non-hydrogen) atoms. The molecule has 0 saturated heterocycles. The van der Waals surface area contributed by atoms with E-state index in [4.69, 9.17) is 5.73 Å². The van der Waals surface area contributed by atoms with E-state index in [9.17, 15) is 14.0 Å². The molecule has 3 N–H and O–H groups in total. The molecule has 1 aromatic heterocycles. The van der Waals surface area contributed by atoms with Gasteiger partial charge in [0.2, 0.25) is 11.9 Å². The Bertz CT molecular complexity index is 609. The van der Waals surface area contributed by atoms with Crippen molar-refractivity contribution in [3.8, 4) is 0 Å². The van der Waals surface area contributed by atoms with Crippen molar-refractivity contribution in [3.63, 3.8) is 0 Å². The summed E-state index contributed by atoms with van der Waals surface area (Å²) in [6.45, 7) is 0. The minimum Gasteiger partial charge on any atom is -0.366 e. The molecule has 0 aliphatic carbocycles. The second kappa shape index (κ2) is 5.26. The summed E-state index contributed by atoms with van der Waals surface area (Å²) in [4.78, 5) is 26.1. The molecule has 0 aliphatic heterocycles. The Labute approximate surface area is 108 Å². The molecule has 6 heteroatoms. The van der Waals surface area contributed by atoms with E-state index in [2.05, 4.69) is 10.3 Å². The Kier molecular flexibility index (Phi) is 3.51. The topological polar surface area (TPSA) is 85.1 Å². The molecule has 0 spiro atoms. The zero-order chi connectivity index (χ0) is 13.8. The Morgan fingerprint density at radius 3 is 2.21 bits per heavy atom. The van der Waals surface area contributed by atoms with Crippen LogP contribution in [-0.4, -0.2) is 16.8 Å². The van der Waals surface area contributed by atoms with Gasteiger partial charge in [0.1, 0.15) is 0 Å². The minimum absolute atomic E-state index is 0.319. The number of primary amides is 1. The maximum atomic E-state index is 12.6. The van der Waals surface area contributed by atoms with Gasteiger partial charge in [-0.2, -0.15) is 4.39 Å². The molecule has 0 aliphatic rings. The summed E-state index contributed by atoms with van der Waals surface area (Å²) in [7, 11) is 0. The number of carbonyl (C=O) groups excluding carboxylic acids is 2. The lowest BCUT2D eigenvalue weighted by Gasteiger charge is -2.05. The first kappa shape index (κ1) is 12.7. The van der Waals surface area contributed by atoms with E-state index in [1.165, 1.54) is 36.5 Å². The second-order valence-electron chi connectivity index (χ2n) is 3.77. The highest BCUT2D eigenvalue weighted by Crippen LogP contribution is 2.09. The number of nitrogens with one attached hydrogen (secondary N) is 1. The lowest BCUT2D eigenvalue weighted by Crippen LogP contribution is -2.14. The number of hydrogen-bond acceptors (Lipinski definition) is 3. The number of rotatable bonds is 3. The van der Waals surface area contributed by atoms with Gasteiger partial charge >= 0.3 is 0 Å². The van der Waals surface area contributed by atoms with Crippen LogP contribution in [0.5, 0.6) is 0 Å². The molecule has 1 heterocycles. The lowest BCUT2D eigenvalue weighted by atomic mass is 10.1. The predicted octanol–water partition coefficient (Wildman–Crippen LogP) is 1.57. The van der Waals surface area contributed by atoms with Gasteiger partial charge in [0, 0.05) is 11.1 Å². The third-order valence-corrected chi connectivity index (χ3v) is 2.42. The van der Waals surface area contributed by atoms with E-state index >= 15 is 0 Å². The normalized spacial score (nSPS) is 9.95. The van der Waals surface area contributed by atoms with Crippen molar-refractivity contribution in [3.05, 3.63) is 59.7 Å². The number of halogens is 1. The van der Waals surface area contributed by atoms with E-state index in [-0.39, 0.29) is 5.91 Å². The zero-order valence-corrected chi connectivity index (χ0v) is 9.76. The molecule has 0 unspecified atom stereocenters. The summed E-state index contributed by atoms with van der Waals surface area (Å²) < 4.78 is 12.6. The first-order chi connectivity index (χ1) is 9.06. The van der Waals surface area contributed by atoms with Gasteiger partial charge in [0.05, 0.1) is 11.9 Å². The third-order valence-electron chi connectivity index (χ3n) is 2.42. The highest BCUT2D eigenvalue weighted by atomic mass is 19.1. The summed E-state index contributed by atoms with van der Waals surface area (Å²) in [6, 6.07) is 8.42. The molecule has 5 nitrogen and oxygen atoms in total. The average Bonchev–Trinajstić information content (AvgIpc) is 2.41. The van der Waals surface area contributed by atoms with Crippen molar-refractivity contribution in [2.45, 2.75) is 0 Å². The molecule has 0 saturated carbocycles. The van der Waals surface area contributed by atoms with Crippen molar-refractivity contribution < 1.29 is 14.0 Å². The zero-order valence-electron chi connectivity index (χ0n) is 9.76. The smallest absolute Gasteiger partial charge is 0.255 e. The largest absolute Gasteiger partial charge is 0.366 e. The maximum Gasteiger partial charge on any atom is 0.255 e. The number of amides is 2. The van der Waals surface area contributed by atoms with Gasteiger partial charge in [-0.3, -0.25) is 9.59 Å². The summed E-state index contributed by atoms with van der Waals surface area (Å²) in [5.41, 5.74) is 6.15. The number of hydrogen-bond donors (Lipinski definition) is 2. The molecule has 0 bridgehead atoms. The molecular formula is C13H10FN3O2. The minimum atomic E-state index is -0.621. The summed E-state index contributed by atoms with van der Waals surface area (Å²) in [5, 5.41) is 2.55. The van der Waals surface area contributed by atoms with Crippen LogP contribution < -0.4 is 11.1 Å². The van der Waals surface area contributed by atoms with Crippen molar-refractivity contribution in [2.75, 3.05) is 5.32 Å². The number of benzene rings is 1. The Balaban J connectivity index is 2.11. The fourth-order valence-electron chi connectivity index (χ4n) is 1.44. The maximum absolute atomic E-state index is 12.6. The van der Waals surface area contributed by atoms with E-state index < -0.39 is 11.9 Å². The molecule has 96 valence electrons. The van der Waals surface area contributed by atoms with Gasteiger partial charge in [-0.05, 0) is 36.4 Å². The number of carbonyl (C=O) groups is 2. The van der Waals surface area contributed by atoms with Gasteiger partial charge in [0.15, 0.2) is 0 Å². The summed E-state index contributed by atoms with van der Waals surface area (Å²) in [6.07, 6.45) is 1.21. The van der Waals surface area contributed by atoms with Gasteiger partial charge in [-0.15, -0.1) is 0 Å². The Morgan fingerprint density at radius 1 is 1.05 bits per heavy atom. The number of pyridine rings is 1. The molecule has 2 amide bonds. The monoisotopic (exact) mass is 259 g/mol. The van der Waals surface area contributed by atoms with Crippen LogP contribution in [0.3, 0.4) is 0 Å². The number of aromatic nitrogens is 1. The first-order valence-electron chi connectivity index (χ1n) is 5.39. The third kappa shape index (κ3) is 3.12. The number of nitrogens with two attached hydrogens (primary N) is 1. The highest BCUT2D eigenvalue weighted by molar-refractivity contribution is 6.04. The van der Waals surface area contributed by atoms with Crippen LogP contribution in [0, 0.1) is 5.95 Å². The molecular weight excluding hydrogens is 249 g/mol. The number of nitrogens with zero attached hydrogens (tertiary/aromatic N) is 1.